The SMILES string of the molecule is O=C(O)c1cc2[nH]cc(Br)c2[nH]1. The number of aromatic carboxylic acids is 1. The molecule has 0 aliphatic heterocycles. The second-order valence-electron chi connectivity index (χ2n) is 2.41. The molecule has 2 aromatic rings. The Morgan fingerprint density at radius 3 is 2.92 bits per heavy atom. The molecule has 4 nitrogen and oxygen atoms in total. The monoisotopic (exact) mass is 228 g/mol. The molecular weight excluding hydrogens is 224 g/mol. The highest BCUT2D eigenvalue weighted by Crippen LogP contribution is 2.23. The van der Waals surface area contributed by atoms with Crippen molar-refractivity contribution in [3.05, 3.63) is 22.4 Å². The molecule has 0 saturated carbocycles. The highest BCUT2D eigenvalue weighted by atomic mass is 79.9. The number of aromatic amines is 2. The van der Waals surface area contributed by atoms with E-state index < -0.39 is 5.97 Å². The van der Waals surface area contributed by atoms with E-state index in [2.05, 4.69) is 25.9 Å². The second-order valence-corrected chi connectivity index (χ2v) is 3.27. The van der Waals surface area contributed by atoms with Crippen LogP contribution < -0.4 is 0 Å². The van der Waals surface area contributed by atoms with Crippen molar-refractivity contribution in [1.29, 1.82) is 0 Å². The fourth-order valence-corrected chi connectivity index (χ4v) is 1.51. The molecule has 0 saturated heterocycles. The Hall–Kier alpha value is -1.23. The Bertz CT molecular complexity index is 443. The molecule has 5 heteroatoms. The van der Waals surface area contributed by atoms with Crippen molar-refractivity contribution in [2.75, 3.05) is 0 Å². The summed E-state index contributed by atoms with van der Waals surface area (Å²) in [6.45, 7) is 0. The van der Waals surface area contributed by atoms with Crippen molar-refractivity contribution in [2.24, 2.45) is 0 Å². The summed E-state index contributed by atoms with van der Waals surface area (Å²) in [6, 6.07) is 1.56. The van der Waals surface area contributed by atoms with Gasteiger partial charge in [0.15, 0.2) is 0 Å². The fraction of sp³-hybridized carbons (Fsp3) is 0. The predicted octanol–water partition coefficient (Wildman–Crippen LogP) is 1.96. The molecule has 62 valence electrons. The Kier molecular flexibility index (Phi) is 1.47. The third-order valence-corrected chi connectivity index (χ3v) is 2.27. The van der Waals surface area contributed by atoms with Gasteiger partial charge in [-0.3, -0.25) is 0 Å². The summed E-state index contributed by atoms with van der Waals surface area (Å²) in [4.78, 5) is 16.2. The fourth-order valence-electron chi connectivity index (χ4n) is 1.09. The number of rotatable bonds is 1. The Morgan fingerprint density at radius 1 is 1.58 bits per heavy atom. The average molecular weight is 229 g/mol. The number of fused-ring (bicyclic) bond motifs is 1. The average Bonchev–Trinajstić information content (AvgIpc) is 2.53. The number of hydrogen-bond donors (Lipinski definition) is 3. The van der Waals surface area contributed by atoms with Crippen LogP contribution >= 0.6 is 15.9 Å². The summed E-state index contributed by atoms with van der Waals surface area (Å²) in [6.07, 6.45) is 1.76. The van der Waals surface area contributed by atoms with Crippen LogP contribution in [0.15, 0.2) is 16.7 Å². The molecule has 2 heterocycles. The van der Waals surface area contributed by atoms with Crippen molar-refractivity contribution >= 4 is 32.9 Å². The van der Waals surface area contributed by atoms with Crippen molar-refractivity contribution in [2.45, 2.75) is 0 Å². The number of carboxylic acids is 1. The molecule has 2 aromatic heterocycles. The van der Waals surface area contributed by atoms with Gasteiger partial charge in [-0.1, -0.05) is 0 Å². The minimum Gasteiger partial charge on any atom is -0.477 e. The molecule has 0 aromatic carbocycles. The molecule has 0 aliphatic carbocycles. The largest absolute Gasteiger partial charge is 0.477 e. The first-order valence-electron chi connectivity index (χ1n) is 3.27. The van der Waals surface area contributed by atoms with Crippen LogP contribution in [-0.4, -0.2) is 21.0 Å². The van der Waals surface area contributed by atoms with Crippen molar-refractivity contribution < 1.29 is 9.90 Å². The Morgan fingerprint density at radius 2 is 2.33 bits per heavy atom. The highest BCUT2D eigenvalue weighted by molar-refractivity contribution is 9.10. The van der Waals surface area contributed by atoms with E-state index in [9.17, 15) is 4.79 Å². The van der Waals surface area contributed by atoms with Gasteiger partial charge in [-0.25, -0.2) is 4.79 Å². The molecule has 2 rings (SSSR count). The number of carboxylic acid groups (broad SMARTS) is 1. The lowest BCUT2D eigenvalue weighted by molar-refractivity contribution is 0.0691. The number of carbonyl (C=O) groups is 1. The molecule has 0 fully saturated rings. The zero-order valence-corrected chi connectivity index (χ0v) is 7.47. The number of aromatic nitrogens is 2. The highest BCUT2D eigenvalue weighted by Gasteiger charge is 2.09. The maximum atomic E-state index is 10.5. The first-order valence-corrected chi connectivity index (χ1v) is 4.06. The van der Waals surface area contributed by atoms with Crippen LogP contribution in [0.2, 0.25) is 0 Å². The van der Waals surface area contributed by atoms with E-state index in [1.54, 1.807) is 12.3 Å². The van der Waals surface area contributed by atoms with Crippen LogP contribution in [-0.2, 0) is 0 Å². The van der Waals surface area contributed by atoms with E-state index in [4.69, 9.17) is 5.11 Å². The van der Waals surface area contributed by atoms with Gasteiger partial charge in [0.2, 0.25) is 0 Å². The molecule has 12 heavy (non-hydrogen) atoms. The lowest BCUT2D eigenvalue weighted by Crippen LogP contribution is -1.94. The molecule has 3 N–H and O–H groups in total. The minimum absolute atomic E-state index is 0.192. The Labute approximate surface area is 75.7 Å². The van der Waals surface area contributed by atoms with E-state index in [1.165, 1.54) is 0 Å². The zero-order chi connectivity index (χ0) is 8.72. The quantitative estimate of drug-likeness (QED) is 0.699. The second kappa shape index (κ2) is 2.38. The molecular formula is C7H5BrN2O2. The predicted molar refractivity (Wildman–Crippen MR) is 47.3 cm³/mol. The van der Waals surface area contributed by atoms with Gasteiger partial charge in [0.05, 0.1) is 15.5 Å². The summed E-state index contributed by atoms with van der Waals surface area (Å²) in [5, 5.41) is 8.63. The van der Waals surface area contributed by atoms with E-state index in [-0.39, 0.29) is 5.69 Å². The van der Waals surface area contributed by atoms with Gasteiger partial charge in [-0.15, -0.1) is 0 Å². The lowest BCUT2D eigenvalue weighted by Gasteiger charge is -1.84. The van der Waals surface area contributed by atoms with Gasteiger partial charge in [-0.05, 0) is 22.0 Å². The molecule has 0 bridgehead atoms. The molecule has 0 amide bonds. The van der Waals surface area contributed by atoms with Crippen LogP contribution in [0, 0.1) is 0 Å². The standard InChI is InChI=1S/C7H5BrN2O2/c8-3-2-9-4-1-5(7(11)12)10-6(3)4/h1-2,9-10H,(H,11,12). The zero-order valence-electron chi connectivity index (χ0n) is 5.89. The molecule has 0 spiro atoms. The van der Waals surface area contributed by atoms with Gasteiger partial charge in [-0.2, -0.15) is 0 Å². The first-order chi connectivity index (χ1) is 5.68. The third-order valence-electron chi connectivity index (χ3n) is 1.64. The van der Waals surface area contributed by atoms with Crippen LogP contribution in [0.3, 0.4) is 0 Å². The van der Waals surface area contributed by atoms with Crippen LogP contribution in [0.1, 0.15) is 10.5 Å². The minimum atomic E-state index is -0.952. The lowest BCUT2D eigenvalue weighted by atomic mass is 10.4. The van der Waals surface area contributed by atoms with Gasteiger partial charge in [0, 0.05) is 6.20 Å². The van der Waals surface area contributed by atoms with Gasteiger partial charge < -0.3 is 15.1 Å². The van der Waals surface area contributed by atoms with Gasteiger partial charge >= 0.3 is 5.97 Å². The van der Waals surface area contributed by atoms with Gasteiger partial charge in [0.25, 0.3) is 0 Å². The summed E-state index contributed by atoms with van der Waals surface area (Å²) in [7, 11) is 0. The molecule has 0 radical (unpaired) electrons. The van der Waals surface area contributed by atoms with E-state index >= 15 is 0 Å². The van der Waals surface area contributed by atoms with Crippen LogP contribution in [0.5, 0.6) is 0 Å². The third kappa shape index (κ3) is 0.937. The number of H-pyrrole nitrogens is 2. The number of nitrogens with one attached hydrogen (secondary N) is 2. The van der Waals surface area contributed by atoms with Crippen LogP contribution in [0.4, 0.5) is 0 Å². The number of hydrogen-bond acceptors (Lipinski definition) is 1. The summed E-state index contributed by atoms with van der Waals surface area (Å²) >= 11 is 3.27. The van der Waals surface area contributed by atoms with Crippen LogP contribution in [0.25, 0.3) is 11.0 Å². The van der Waals surface area contributed by atoms with E-state index in [0.717, 1.165) is 15.5 Å². The summed E-state index contributed by atoms with van der Waals surface area (Å²) < 4.78 is 0.838. The number of halogens is 1. The van der Waals surface area contributed by atoms with Crippen molar-refractivity contribution in [1.82, 2.24) is 9.97 Å². The maximum absolute atomic E-state index is 10.5. The van der Waals surface area contributed by atoms with Crippen molar-refractivity contribution in [3.63, 3.8) is 0 Å². The molecule has 0 atom stereocenters. The first kappa shape index (κ1) is 7.42. The van der Waals surface area contributed by atoms with Crippen molar-refractivity contribution in [3.8, 4) is 0 Å². The summed E-state index contributed by atoms with van der Waals surface area (Å²) in [5.41, 5.74) is 1.77. The molecule has 0 aliphatic rings. The smallest absolute Gasteiger partial charge is 0.352 e. The molecule has 0 unspecified atom stereocenters. The maximum Gasteiger partial charge on any atom is 0.352 e. The van der Waals surface area contributed by atoms with Gasteiger partial charge in [0.1, 0.15) is 5.69 Å². The topological polar surface area (TPSA) is 68.9 Å². The summed E-state index contributed by atoms with van der Waals surface area (Å²) in [5.74, 6) is -0.952. The van der Waals surface area contributed by atoms with E-state index in [0.29, 0.717) is 0 Å². The Balaban J connectivity index is 2.70. The van der Waals surface area contributed by atoms with E-state index in [1.807, 2.05) is 0 Å². The normalized spacial score (nSPS) is 10.8.